The van der Waals surface area contributed by atoms with Gasteiger partial charge in [-0.3, -0.25) is 9.69 Å². The lowest BCUT2D eigenvalue weighted by molar-refractivity contribution is -0.138. The van der Waals surface area contributed by atoms with E-state index >= 15 is 0 Å². The lowest BCUT2D eigenvalue weighted by atomic mass is 10.0. The van der Waals surface area contributed by atoms with Crippen molar-refractivity contribution in [3.8, 4) is 0 Å². The van der Waals surface area contributed by atoms with E-state index in [4.69, 9.17) is 0 Å². The summed E-state index contributed by atoms with van der Waals surface area (Å²) in [5, 5.41) is 11.0. The second kappa shape index (κ2) is 9.18. The molecule has 0 aliphatic carbocycles. The summed E-state index contributed by atoms with van der Waals surface area (Å²) in [5.74, 6) is -0.841. The number of carbonyl (C=O) groups is 1. The molecule has 1 heterocycles. The molecule has 0 amide bonds. The molecule has 6 nitrogen and oxygen atoms in total. The molecule has 0 aromatic heterocycles. The molecular weight excluding hydrogens is 412 g/mol. The Balaban J connectivity index is 1.50. The van der Waals surface area contributed by atoms with Gasteiger partial charge in [0.25, 0.3) is 0 Å². The molecule has 0 saturated carbocycles. The maximum Gasteiger partial charge on any atom is 0.304 e. The quantitative estimate of drug-likeness (QED) is 0.613. The van der Waals surface area contributed by atoms with Crippen molar-refractivity contribution < 1.29 is 18.3 Å². The molecule has 1 fully saturated rings. The SMILES string of the molecule is O=C(O)CC(Cc1ccccc1)N1CCN(S(=O)(=O)c2cccc3ccccc23)CC1. The van der Waals surface area contributed by atoms with E-state index in [1.165, 1.54) is 4.31 Å². The standard InChI is InChI=1S/C24H26N2O4S/c27-24(28)18-21(17-19-7-2-1-3-8-19)25-13-15-26(16-14-25)31(29,30)23-12-6-10-20-9-4-5-11-22(20)23/h1-12,21H,13-18H2,(H,27,28). The van der Waals surface area contributed by atoms with Crippen LogP contribution in [0.4, 0.5) is 0 Å². The van der Waals surface area contributed by atoms with Crippen molar-refractivity contribution in [2.45, 2.75) is 23.8 Å². The molecule has 7 heteroatoms. The van der Waals surface area contributed by atoms with E-state index in [9.17, 15) is 18.3 Å². The first-order valence-corrected chi connectivity index (χ1v) is 11.9. The van der Waals surface area contributed by atoms with Gasteiger partial charge in [-0.15, -0.1) is 0 Å². The van der Waals surface area contributed by atoms with E-state index in [1.54, 1.807) is 12.1 Å². The zero-order chi connectivity index (χ0) is 21.8. The minimum Gasteiger partial charge on any atom is -0.481 e. The van der Waals surface area contributed by atoms with Crippen LogP contribution in [0.2, 0.25) is 0 Å². The lowest BCUT2D eigenvalue weighted by Gasteiger charge is -2.38. The van der Waals surface area contributed by atoms with E-state index in [0.29, 0.717) is 37.5 Å². The molecule has 1 unspecified atom stereocenters. The number of hydrogen-bond acceptors (Lipinski definition) is 4. The molecule has 0 bridgehead atoms. The highest BCUT2D eigenvalue weighted by Crippen LogP contribution is 2.27. The summed E-state index contributed by atoms with van der Waals surface area (Å²) in [6, 6.07) is 22.5. The predicted octanol–water partition coefficient (Wildman–Crippen LogP) is 3.23. The van der Waals surface area contributed by atoms with Crippen LogP contribution in [0, 0.1) is 0 Å². The minimum absolute atomic E-state index is 0.0327. The normalized spacial score (nSPS) is 16.9. The van der Waals surface area contributed by atoms with Crippen LogP contribution in [0.5, 0.6) is 0 Å². The zero-order valence-corrected chi connectivity index (χ0v) is 18.0. The van der Waals surface area contributed by atoms with Crippen LogP contribution in [0.1, 0.15) is 12.0 Å². The Bertz CT molecular complexity index is 1150. The topological polar surface area (TPSA) is 77.9 Å². The van der Waals surface area contributed by atoms with E-state index < -0.39 is 16.0 Å². The highest BCUT2D eigenvalue weighted by Gasteiger charge is 2.32. The monoisotopic (exact) mass is 438 g/mol. The highest BCUT2D eigenvalue weighted by molar-refractivity contribution is 7.89. The van der Waals surface area contributed by atoms with Gasteiger partial charge in [0.1, 0.15) is 0 Å². The lowest BCUT2D eigenvalue weighted by Crippen LogP contribution is -2.52. The second-order valence-corrected chi connectivity index (χ2v) is 9.77. The number of carboxylic acid groups (broad SMARTS) is 1. The Morgan fingerprint density at radius 1 is 0.871 bits per heavy atom. The third-order valence-corrected chi connectivity index (χ3v) is 7.84. The molecule has 1 saturated heterocycles. The fourth-order valence-electron chi connectivity index (χ4n) is 4.29. The summed E-state index contributed by atoms with van der Waals surface area (Å²) < 4.78 is 28.2. The summed E-state index contributed by atoms with van der Waals surface area (Å²) >= 11 is 0. The van der Waals surface area contributed by atoms with Crippen LogP contribution in [-0.2, 0) is 21.2 Å². The molecule has 1 N–H and O–H groups in total. The number of fused-ring (bicyclic) bond motifs is 1. The Morgan fingerprint density at radius 2 is 1.52 bits per heavy atom. The number of aliphatic carboxylic acids is 1. The molecular formula is C24H26N2O4S. The summed E-state index contributed by atoms with van der Waals surface area (Å²) in [6.45, 7) is 1.70. The first kappa shape index (κ1) is 21.5. The number of benzene rings is 3. The Labute approximate surface area is 182 Å². The average Bonchev–Trinajstić information content (AvgIpc) is 2.79. The minimum atomic E-state index is -3.63. The van der Waals surface area contributed by atoms with E-state index in [2.05, 4.69) is 4.90 Å². The molecule has 0 spiro atoms. The van der Waals surface area contributed by atoms with Gasteiger partial charge in [0.15, 0.2) is 0 Å². The fourth-order valence-corrected chi connectivity index (χ4v) is 5.92. The maximum atomic E-state index is 13.4. The van der Waals surface area contributed by atoms with Crippen LogP contribution < -0.4 is 0 Å². The van der Waals surface area contributed by atoms with Crippen molar-refractivity contribution in [2.75, 3.05) is 26.2 Å². The van der Waals surface area contributed by atoms with Crippen LogP contribution in [0.3, 0.4) is 0 Å². The van der Waals surface area contributed by atoms with Crippen molar-refractivity contribution in [1.82, 2.24) is 9.21 Å². The largest absolute Gasteiger partial charge is 0.481 e. The summed E-state index contributed by atoms with van der Waals surface area (Å²) in [4.78, 5) is 13.9. The molecule has 0 radical (unpaired) electrons. The average molecular weight is 439 g/mol. The third-order valence-electron chi connectivity index (χ3n) is 5.88. The van der Waals surface area contributed by atoms with Crippen molar-refractivity contribution in [1.29, 1.82) is 0 Å². The van der Waals surface area contributed by atoms with E-state index in [-0.39, 0.29) is 12.5 Å². The third kappa shape index (κ3) is 4.79. The van der Waals surface area contributed by atoms with Crippen molar-refractivity contribution in [3.05, 3.63) is 78.4 Å². The maximum absolute atomic E-state index is 13.4. The molecule has 1 aliphatic rings. The Morgan fingerprint density at radius 3 is 2.23 bits per heavy atom. The summed E-state index contributed by atoms with van der Waals surface area (Å²) in [7, 11) is -3.63. The van der Waals surface area contributed by atoms with Gasteiger partial charge >= 0.3 is 5.97 Å². The Hall–Kier alpha value is -2.74. The highest BCUT2D eigenvalue weighted by atomic mass is 32.2. The first-order chi connectivity index (χ1) is 14.9. The molecule has 3 aromatic rings. The van der Waals surface area contributed by atoms with Crippen molar-refractivity contribution in [2.24, 2.45) is 0 Å². The summed E-state index contributed by atoms with van der Waals surface area (Å²) in [6.07, 6.45) is 0.661. The van der Waals surface area contributed by atoms with E-state index in [0.717, 1.165) is 16.3 Å². The number of carboxylic acids is 1. The van der Waals surface area contributed by atoms with Crippen molar-refractivity contribution in [3.63, 3.8) is 0 Å². The second-order valence-electron chi connectivity index (χ2n) is 7.86. The molecule has 31 heavy (non-hydrogen) atoms. The number of nitrogens with zero attached hydrogens (tertiary/aromatic N) is 2. The number of rotatable bonds is 7. The smallest absolute Gasteiger partial charge is 0.304 e. The molecule has 4 rings (SSSR count). The zero-order valence-electron chi connectivity index (χ0n) is 17.2. The van der Waals surface area contributed by atoms with Gasteiger partial charge in [0.05, 0.1) is 11.3 Å². The Kier molecular flexibility index (Phi) is 6.36. The molecule has 1 atom stereocenters. The molecule has 1 aliphatic heterocycles. The fraction of sp³-hybridized carbons (Fsp3) is 0.292. The summed E-state index contributed by atoms with van der Waals surface area (Å²) in [5.41, 5.74) is 1.08. The molecule has 3 aromatic carbocycles. The van der Waals surface area contributed by atoms with Crippen molar-refractivity contribution >= 4 is 26.8 Å². The van der Waals surface area contributed by atoms with E-state index in [1.807, 2.05) is 60.7 Å². The van der Waals surface area contributed by atoms with Gasteiger partial charge in [-0.2, -0.15) is 4.31 Å². The van der Waals surface area contributed by atoms with Gasteiger partial charge in [-0.1, -0.05) is 66.7 Å². The number of piperazine rings is 1. The van der Waals surface area contributed by atoms with Crippen LogP contribution >= 0.6 is 0 Å². The van der Waals surface area contributed by atoms with Gasteiger partial charge in [0, 0.05) is 37.6 Å². The number of sulfonamides is 1. The van der Waals surface area contributed by atoms with Gasteiger partial charge in [-0.25, -0.2) is 8.42 Å². The van der Waals surface area contributed by atoms with Gasteiger partial charge in [0.2, 0.25) is 10.0 Å². The van der Waals surface area contributed by atoms with Crippen LogP contribution in [-0.4, -0.2) is 60.9 Å². The van der Waals surface area contributed by atoms with Gasteiger partial charge in [-0.05, 0) is 23.4 Å². The van der Waals surface area contributed by atoms with Crippen LogP contribution in [0.25, 0.3) is 10.8 Å². The predicted molar refractivity (Wildman–Crippen MR) is 120 cm³/mol. The first-order valence-electron chi connectivity index (χ1n) is 10.4. The number of hydrogen-bond donors (Lipinski definition) is 1. The molecule has 162 valence electrons. The van der Waals surface area contributed by atoms with Gasteiger partial charge < -0.3 is 5.11 Å². The van der Waals surface area contributed by atoms with Crippen LogP contribution in [0.15, 0.2) is 77.7 Å².